The lowest BCUT2D eigenvalue weighted by Gasteiger charge is -2.23. The molecule has 1 unspecified atom stereocenters. The van der Waals surface area contributed by atoms with Gasteiger partial charge in [-0.3, -0.25) is 10.2 Å². The first kappa shape index (κ1) is 19.2. The van der Waals surface area contributed by atoms with Crippen LogP contribution < -0.4 is 10.7 Å². The lowest BCUT2D eigenvalue weighted by atomic mass is 10.0. The van der Waals surface area contributed by atoms with Crippen LogP contribution in [-0.4, -0.2) is 74.9 Å². The Hall–Kier alpha value is -2.62. The van der Waals surface area contributed by atoms with Crippen LogP contribution in [0.2, 0.25) is 0 Å². The molecule has 0 saturated carbocycles. The number of nitrogens with zero attached hydrogens (tertiary/aromatic N) is 4. The number of hydrogen-bond acceptors (Lipinski definition) is 9. The van der Waals surface area contributed by atoms with E-state index in [1.165, 1.54) is 0 Å². The van der Waals surface area contributed by atoms with Crippen molar-refractivity contribution in [2.45, 2.75) is 13.2 Å². The number of methoxy groups -OCH3 is 1. The highest BCUT2D eigenvalue weighted by molar-refractivity contribution is 6.40. The Kier molecular flexibility index (Phi) is 6.64. The lowest BCUT2D eigenvalue weighted by Crippen LogP contribution is -2.40. The molecule has 144 valence electrons. The lowest BCUT2D eigenvalue weighted by molar-refractivity contribution is 0.101. The van der Waals surface area contributed by atoms with Crippen LogP contribution in [0.15, 0.2) is 39.5 Å². The van der Waals surface area contributed by atoms with Gasteiger partial charge in [-0.25, -0.2) is 10.0 Å². The van der Waals surface area contributed by atoms with Crippen LogP contribution in [-0.2, 0) is 9.47 Å². The fourth-order valence-electron chi connectivity index (χ4n) is 2.73. The summed E-state index contributed by atoms with van der Waals surface area (Å²) in [6.45, 7) is 4.64. The predicted octanol–water partition coefficient (Wildman–Crippen LogP) is 0.433. The number of aliphatic imine (C=N–C) groups is 1. The molecular weight excluding hydrogens is 348 g/mol. The highest BCUT2D eigenvalue weighted by Gasteiger charge is 2.30. The normalized spacial score (nSPS) is 18.0. The smallest absolute Gasteiger partial charge is 0.232 e. The molecule has 2 heterocycles. The first-order valence-electron chi connectivity index (χ1n) is 8.81. The molecule has 0 aromatic heterocycles. The number of hydrogen-bond donors (Lipinski definition) is 2. The Morgan fingerprint density at radius 3 is 2.93 bits per heavy atom. The van der Waals surface area contributed by atoms with E-state index in [2.05, 4.69) is 25.9 Å². The van der Waals surface area contributed by atoms with E-state index in [-0.39, 0.29) is 5.78 Å². The quantitative estimate of drug-likeness (QED) is 0.456. The van der Waals surface area contributed by atoms with Crippen molar-refractivity contribution in [3.63, 3.8) is 0 Å². The van der Waals surface area contributed by atoms with Crippen molar-refractivity contribution in [2.75, 3.05) is 40.0 Å². The molecule has 27 heavy (non-hydrogen) atoms. The first-order chi connectivity index (χ1) is 13.2. The average Bonchev–Trinajstić information content (AvgIpc) is 3.09. The second kappa shape index (κ2) is 9.36. The van der Waals surface area contributed by atoms with Crippen LogP contribution in [0.4, 0.5) is 0 Å². The number of ether oxygens (including phenoxy) is 2. The van der Waals surface area contributed by atoms with Crippen molar-refractivity contribution in [1.29, 1.82) is 0 Å². The van der Waals surface area contributed by atoms with E-state index in [1.807, 2.05) is 18.2 Å². The van der Waals surface area contributed by atoms with E-state index < -0.39 is 6.29 Å². The van der Waals surface area contributed by atoms with Gasteiger partial charge in [-0.2, -0.15) is 10.2 Å². The summed E-state index contributed by atoms with van der Waals surface area (Å²) in [5, 5.41) is 13.6. The highest BCUT2D eigenvalue weighted by atomic mass is 16.5. The molecule has 2 aliphatic heterocycles. The number of hydrazone groups is 2. The van der Waals surface area contributed by atoms with E-state index in [4.69, 9.17) is 9.47 Å². The molecule has 2 aliphatic rings. The summed E-state index contributed by atoms with van der Waals surface area (Å²) in [5.74, 6) is 0.656. The number of benzene rings is 1. The fraction of sp³-hybridized carbons (Fsp3) is 0.444. The molecule has 1 atom stereocenters. The van der Waals surface area contributed by atoms with E-state index in [0.29, 0.717) is 36.9 Å². The maximum absolute atomic E-state index is 11.8. The summed E-state index contributed by atoms with van der Waals surface area (Å²) in [6, 6.07) is 7.37. The Bertz CT molecular complexity index is 761. The second-order valence-corrected chi connectivity index (χ2v) is 6.03. The second-order valence-electron chi connectivity index (χ2n) is 6.03. The van der Waals surface area contributed by atoms with Gasteiger partial charge in [0.2, 0.25) is 6.29 Å². The standard InChI is InChI=1S/C18H24N6O3/c1-13(25)14-5-3-4-6-15(14)16-11-20-24-17(22-23-18(24)21-16)12-27-10-8-19-7-9-26-2/h3-6,11,18-19,23H,7-10,12H2,1-2H3. The van der Waals surface area contributed by atoms with Crippen molar-refractivity contribution in [3.05, 3.63) is 35.4 Å². The van der Waals surface area contributed by atoms with Gasteiger partial charge in [0.15, 0.2) is 11.6 Å². The molecule has 0 radical (unpaired) electrons. The largest absolute Gasteiger partial charge is 0.383 e. The Balaban J connectivity index is 1.54. The summed E-state index contributed by atoms with van der Waals surface area (Å²) < 4.78 is 10.6. The van der Waals surface area contributed by atoms with Gasteiger partial charge in [0.25, 0.3) is 0 Å². The molecule has 0 aliphatic carbocycles. The molecular formula is C18H24N6O3. The van der Waals surface area contributed by atoms with Gasteiger partial charge in [-0.15, -0.1) is 0 Å². The number of carbonyl (C=O) groups excluding carboxylic acids is 1. The van der Waals surface area contributed by atoms with Gasteiger partial charge in [0, 0.05) is 31.3 Å². The zero-order chi connectivity index (χ0) is 19.1. The molecule has 2 N–H and O–H groups in total. The van der Waals surface area contributed by atoms with Crippen molar-refractivity contribution in [2.24, 2.45) is 15.2 Å². The topological polar surface area (TPSA) is 99.9 Å². The molecule has 1 aromatic rings. The zero-order valence-corrected chi connectivity index (χ0v) is 15.5. The Morgan fingerprint density at radius 2 is 2.11 bits per heavy atom. The third kappa shape index (κ3) is 4.76. The molecule has 0 bridgehead atoms. The van der Waals surface area contributed by atoms with Gasteiger partial charge < -0.3 is 14.8 Å². The average molecular weight is 372 g/mol. The highest BCUT2D eigenvalue weighted by Crippen LogP contribution is 2.17. The molecule has 0 amide bonds. The fourth-order valence-corrected chi connectivity index (χ4v) is 2.73. The predicted molar refractivity (Wildman–Crippen MR) is 103 cm³/mol. The summed E-state index contributed by atoms with van der Waals surface area (Å²) in [6.07, 6.45) is 1.22. The minimum Gasteiger partial charge on any atom is -0.383 e. The molecule has 0 spiro atoms. The van der Waals surface area contributed by atoms with Crippen molar-refractivity contribution >= 4 is 23.5 Å². The minimum absolute atomic E-state index is 0.00652. The number of Topliss-reactive ketones (excluding diaryl/α,β-unsaturated/α-hetero) is 1. The van der Waals surface area contributed by atoms with E-state index in [9.17, 15) is 4.79 Å². The Labute approximate surface area is 158 Å². The Morgan fingerprint density at radius 1 is 1.30 bits per heavy atom. The van der Waals surface area contributed by atoms with Crippen LogP contribution in [0, 0.1) is 0 Å². The number of carbonyl (C=O) groups is 1. The van der Waals surface area contributed by atoms with Crippen LogP contribution in [0.25, 0.3) is 0 Å². The molecule has 0 saturated heterocycles. The SMILES string of the molecule is COCCNCCOCC1=NNC2N=C(c3ccccc3C(C)=O)C=NN12. The van der Waals surface area contributed by atoms with Crippen LogP contribution in [0.3, 0.4) is 0 Å². The van der Waals surface area contributed by atoms with Gasteiger partial charge in [0.05, 0.1) is 25.1 Å². The minimum atomic E-state index is -0.427. The number of amidine groups is 1. The van der Waals surface area contributed by atoms with E-state index in [0.717, 1.165) is 18.7 Å². The summed E-state index contributed by atoms with van der Waals surface area (Å²) in [4.78, 5) is 16.5. The van der Waals surface area contributed by atoms with Crippen molar-refractivity contribution < 1.29 is 14.3 Å². The third-order valence-electron chi connectivity index (χ3n) is 4.09. The monoisotopic (exact) mass is 372 g/mol. The van der Waals surface area contributed by atoms with Crippen LogP contribution in [0.1, 0.15) is 22.8 Å². The first-order valence-corrected chi connectivity index (χ1v) is 8.81. The number of fused-ring (bicyclic) bond motifs is 1. The summed E-state index contributed by atoms with van der Waals surface area (Å²) in [5.41, 5.74) is 4.98. The van der Waals surface area contributed by atoms with Crippen LogP contribution >= 0.6 is 0 Å². The third-order valence-corrected chi connectivity index (χ3v) is 4.09. The van der Waals surface area contributed by atoms with Crippen LogP contribution in [0.5, 0.6) is 0 Å². The number of rotatable bonds is 10. The zero-order valence-electron chi connectivity index (χ0n) is 15.5. The maximum atomic E-state index is 11.8. The van der Waals surface area contributed by atoms with E-state index in [1.54, 1.807) is 31.3 Å². The van der Waals surface area contributed by atoms with Gasteiger partial charge in [-0.05, 0) is 6.92 Å². The molecule has 1 aromatic carbocycles. The molecule has 3 rings (SSSR count). The maximum Gasteiger partial charge on any atom is 0.232 e. The van der Waals surface area contributed by atoms with E-state index >= 15 is 0 Å². The molecule has 9 nitrogen and oxygen atoms in total. The number of ketones is 1. The van der Waals surface area contributed by atoms with Gasteiger partial charge in [0.1, 0.15) is 6.61 Å². The summed E-state index contributed by atoms with van der Waals surface area (Å²) >= 11 is 0. The number of nitrogens with one attached hydrogen (secondary N) is 2. The molecule has 0 fully saturated rings. The van der Waals surface area contributed by atoms with Crippen molar-refractivity contribution in [3.8, 4) is 0 Å². The van der Waals surface area contributed by atoms with Crippen molar-refractivity contribution in [1.82, 2.24) is 15.8 Å². The van der Waals surface area contributed by atoms with Gasteiger partial charge in [-0.1, -0.05) is 24.3 Å². The summed E-state index contributed by atoms with van der Waals surface area (Å²) in [7, 11) is 1.67. The van der Waals surface area contributed by atoms with Gasteiger partial charge >= 0.3 is 0 Å². The molecule has 9 heteroatoms.